The third-order valence-corrected chi connectivity index (χ3v) is 5.20. The molecule has 1 fully saturated rings. The van der Waals surface area contributed by atoms with Gasteiger partial charge in [-0.15, -0.1) is 11.8 Å². The first-order valence-corrected chi connectivity index (χ1v) is 8.60. The summed E-state index contributed by atoms with van der Waals surface area (Å²) >= 11 is 1.56. The number of ether oxygens (including phenoxy) is 1. The van der Waals surface area contributed by atoms with E-state index in [2.05, 4.69) is 19.0 Å². The molecule has 0 amide bonds. The molecule has 2 rings (SSSR count). The number of hydrogen-bond acceptors (Lipinski definition) is 4. The van der Waals surface area contributed by atoms with Gasteiger partial charge in [0.05, 0.1) is 11.7 Å². The van der Waals surface area contributed by atoms with E-state index in [-0.39, 0.29) is 11.9 Å². The monoisotopic (exact) mass is 308 g/mol. The van der Waals surface area contributed by atoms with Crippen LogP contribution in [0.1, 0.15) is 38.7 Å². The van der Waals surface area contributed by atoms with Crippen molar-refractivity contribution >= 4 is 17.6 Å². The van der Waals surface area contributed by atoms with Crippen molar-refractivity contribution in [2.24, 2.45) is 22.7 Å². The van der Waals surface area contributed by atoms with Gasteiger partial charge in [-0.2, -0.15) is 0 Å². The fraction of sp³-hybridized carbons (Fsp3) is 0.562. The van der Waals surface area contributed by atoms with Gasteiger partial charge in [0.2, 0.25) is 0 Å². The van der Waals surface area contributed by atoms with E-state index in [4.69, 9.17) is 15.7 Å². The van der Waals surface area contributed by atoms with Crippen molar-refractivity contribution in [1.29, 1.82) is 0 Å². The molecule has 1 saturated carbocycles. The van der Waals surface area contributed by atoms with Crippen LogP contribution in [0.25, 0.3) is 0 Å². The average molecular weight is 308 g/mol. The predicted octanol–water partition coefficient (Wildman–Crippen LogP) is 3.71. The lowest BCUT2D eigenvalue weighted by molar-refractivity contribution is 0.100. The molecule has 0 aliphatic heterocycles. The van der Waals surface area contributed by atoms with E-state index in [9.17, 15) is 0 Å². The van der Waals surface area contributed by atoms with E-state index in [0.29, 0.717) is 17.2 Å². The van der Waals surface area contributed by atoms with Crippen molar-refractivity contribution in [3.63, 3.8) is 0 Å². The molecular weight excluding hydrogens is 284 g/mol. The largest absolute Gasteiger partial charge is 0.490 e. The van der Waals surface area contributed by atoms with Crippen LogP contribution in [-0.2, 0) is 0 Å². The highest BCUT2D eigenvalue weighted by molar-refractivity contribution is 7.98. The molecule has 1 aliphatic carbocycles. The topological polar surface area (TPSA) is 67.8 Å². The van der Waals surface area contributed by atoms with E-state index >= 15 is 0 Å². The zero-order chi connectivity index (χ0) is 15.4. The van der Waals surface area contributed by atoms with Crippen LogP contribution in [0.15, 0.2) is 28.3 Å². The third kappa shape index (κ3) is 3.64. The van der Waals surface area contributed by atoms with E-state index in [1.165, 1.54) is 6.42 Å². The Morgan fingerprint density at radius 1 is 1.33 bits per heavy atom. The van der Waals surface area contributed by atoms with Crippen LogP contribution >= 0.6 is 11.8 Å². The summed E-state index contributed by atoms with van der Waals surface area (Å²) in [5.41, 5.74) is 6.53. The molecule has 0 saturated heterocycles. The molecule has 0 spiro atoms. The molecule has 1 aliphatic rings. The lowest BCUT2D eigenvalue weighted by atomic mass is 9.80. The van der Waals surface area contributed by atoms with Crippen molar-refractivity contribution in [3.8, 4) is 5.75 Å². The molecule has 3 N–H and O–H groups in total. The van der Waals surface area contributed by atoms with E-state index < -0.39 is 0 Å². The van der Waals surface area contributed by atoms with Crippen LogP contribution in [0.4, 0.5) is 0 Å². The third-order valence-electron chi connectivity index (χ3n) is 4.42. The minimum atomic E-state index is 0.104. The molecule has 4 nitrogen and oxygen atoms in total. The number of nitrogens with two attached hydrogens (primary N) is 1. The predicted molar refractivity (Wildman–Crippen MR) is 87.3 cm³/mol. The van der Waals surface area contributed by atoms with Gasteiger partial charge in [-0.05, 0) is 49.5 Å². The summed E-state index contributed by atoms with van der Waals surface area (Å²) in [4.78, 5) is 0.958. The molecule has 1 aromatic carbocycles. The fourth-order valence-electron chi connectivity index (χ4n) is 2.87. The summed E-state index contributed by atoms with van der Waals surface area (Å²) in [6.45, 7) is 4.58. The molecule has 0 radical (unpaired) electrons. The molecule has 0 heterocycles. The van der Waals surface area contributed by atoms with Crippen LogP contribution in [0.3, 0.4) is 0 Å². The van der Waals surface area contributed by atoms with Gasteiger partial charge in [0, 0.05) is 4.90 Å². The lowest BCUT2D eigenvalue weighted by Crippen LogP contribution is -2.29. The Morgan fingerprint density at radius 2 is 2.10 bits per heavy atom. The van der Waals surface area contributed by atoms with Gasteiger partial charge in [-0.1, -0.05) is 25.1 Å². The zero-order valence-corrected chi connectivity index (χ0v) is 13.7. The summed E-state index contributed by atoms with van der Waals surface area (Å²) in [6.07, 6.45) is 5.48. The smallest absolute Gasteiger partial charge is 0.174 e. The second-order valence-electron chi connectivity index (χ2n) is 5.83. The van der Waals surface area contributed by atoms with Crippen LogP contribution in [0, 0.1) is 11.8 Å². The maximum atomic E-state index is 9.01. The highest BCUT2D eigenvalue weighted by Crippen LogP contribution is 2.34. The first-order chi connectivity index (χ1) is 10.1. The zero-order valence-electron chi connectivity index (χ0n) is 12.9. The van der Waals surface area contributed by atoms with Gasteiger partial charge in [0.15, 0.2) is 5.84 Å². The molecule has 21 heavy (non-hydrogen) atoms. The van der Waals surface area contributed by atoms with Gasteiger partial charge in [-0.25, -0.2) is 0 Å². The second kappa shape index (κ2) is 7.07. The van der Waals surface area contributed by atoms with Crippen molar-refractivity contribution in [3.05, 3.63) is 23.8 Å². The number of amidine groups is 1. The number of thioether (sulfide) groups is 1. The number of oxime groups is 1. The minimum Gasteiger partial charge on any atom is -0.490 e. The standard InChI is InChI=1S/C16H24N2O2S/c1-10-7-8-12(9-11(10)2)20-13-5-4-6-14(21-3)15(13)16(17)18-19/h4-6,10-12,19H,7-9H2,1-3H3,(H2,17,18). The molecule has 1 aromatic rings. The summed E-state index contributed by atoms with van der Waals surface area (Å²) in [7, 11) is 0. The summed E-state index contributed by atoms with van der Waals surface area (Å²) in [5, 5.41) is 12.2. The Morgan fingerprint density at radius 3 is 2.71 bits per heavy atom. The Hall–Kier alpha value is -1.36. The van der Waals surface area contributed by atoms with Crippen LogP contribution in [-0.4, -0.2) is 23.4 Å². The Bertz CT molecular complexity index is 519. The number of benzene rings is 1. The Balaban J connectivity index is 2.24. The van der Waals surface area contributed by atoms with Crippen molar-refractivity contribution < 1.29 is 9.94 Å². The first kappa shape index (κ1) is 16.0. The maximum absolute atomic E-state index is 9.01. The van der Waals surface area contributed by atoms with E-state index in [0.717, 1.165) is 23.7 Å². The molecule has 0 aromatic heterocycles. The van der Waals surface area contributed by atoms with Gasteiger partial charge < -0.3 is 15.7 Å². The molecule has 116 valence electrons. The molecule has 5 heteroatoms. The lowest BCUT2D eigenvalue weighted by Gasteiger charge is -2.32. The van der Waals surface area contributed by atoms with Crippen molar-refractivity contribution in [1.82, 2.24) is 0 Å². The van der Waals surface area contributed by atoms with Crippen molar-refractivity contribution in [2.75, 3.05) is 6.26 Å². The quantitative estimate of drug-likeness (QED) is 0.292. The van der Waals surface area contributed by atoms with Crippen LogP contribution in [0.5, 0.6) is 5.75 Å². The first-order valence-electron chi connectivity index (χ1n) is 7.38. The second-order valence-corrected chi connectivity index (χ2v) is 6.67. The Labute approximate surface area is 130 Å². The molecular formula is C16H24N2O2S. The molecule has 0 bridgehead atoms. The minimum absolute atomic E-state index is 0.104. The van der Waals surface area contributed by atoms with Crippen LogP contribution < -0.4 is 10.5 Å². The van der Waals surface area contributed by atoms with Crippen LogP contribution in [0.2, 0.25) is 0 Å². The summed E-state index contributed by atoms with van der Waals surface area (Å²) in [6, 6.07) is 5.80. The summed E-state index contributed by atoms with van der Waals surface area (Å²) in [5.74, 6) is 2.24. The fourth-order valence-corrected chi connectivity index (χ4v) is 3.49. The maximum Gasteiger partial charge on any atom is 0.174 e. The van der Waals surface area contributed by atoms with E-state index in [1.807, 2.05) is 24.5 Å². The molecule has 3 unspecified atom stereocenters. The normalized spacial score (nSPS) is 26.6. The van der Waals surface area contributed by atoms with Gasteiger partial charge in [0.25, 0.3) is 0 Å². The number of rotatable bonds is 4. The summed E-state index contributed by atoms with van der Waals surface area (Å²) < 4.78 is 6.19. The van der Waals surface area contributed by atoms with Crippen molar-refractivity contribution in [2.45, 2.75) is 44.1 Å². The number of nitrogens with zero attached hydrogens (tertiary/aromatic N) is 1. The Kier molecular flexibility index (Phi) is 5.39. The van der Waals surface area contributed by atoms with Gasteiger partial charge >= 0.3 is 0 Å². The van der Waals surface area contributed by atoms with Gasteiger partial charge in [0.1, 0.15) is 5.75 Å². The number of hydrogen-bond donors (Lipinski definition) is 2. The average Bonchev–Trinajstić information content (AvgIpc) is 2.50. The van der Waals surface area contributed by atoms with Gasteiger partial charge in [-0.3, -0.25) is 0 Å². The highest BCUT2D eigenvalue weighted by atomic mass is 32.2. The molecule has 3 atom stereocenters. The highest BCUT2D eigenvalue weighted by Gasteiger charge is 2.27. The van der Waals surface area contributed by atoms with E-state index in [1.54, 1.807) is 11.8 Å². The SMILES string of the molecule is CSc1cccc(OC2CCC(C)C(C)C2)c1/C(N)=N/O.